The van der Waals surface area contributed by atoms with Crippen LogP contribution in [0.4, 0.5) is 13.2 Å². The second kappa shape index (κ2) is 4.82. The van der Waals surface area contributed by atoms with Gasteiger partial charge >= 0.3 is 6.18 Å². The minimum Gasteiger partial charge on any atom is -0.311 e. The Balaban J connectivity index is 2.26. The molecule has 1 nitrogen and oxygen atoms in total. The number of hydrogen-bond acceptors (Lipinski definition) is 1. The third kappa shape index (κ3) is 4.65. The highest BCUT2D eigenvalue weighted by atomic mass is 19.4. The van der Waals surface area contributed by atoms with E-state index in [-0.39, 0.29) is 6.04 Å². The zero-order chi connectivity index (χ0) is 10.6. The lowest BCUT2D eigenvalue weighted by atomic mass is 10.0. The molecule has 14 heavy (non-hydrogen) atoms. The Bertz CT molecular complexity index is 198. The summed E-state index contributed by atoms with van der Waals surface area (Å²) in [6.45, 7) is 1.59. The molecule has 2 atom stereocenters. The Morgan fingerprint density at radius 1 is 1.43 bits per heavy atom. The monoisotopic (exact) mass is 207 g/mol. The molecule has 0 aromatic carbocycles. The van der Waals surface area contributed by atoms with E-state index in [1.165, 1.54) is 0 Å². The number of alkyl halides is 3. The summed E-state index contributed by atoms with van der Waals surface area (Å²) in [7, 11) is 0. The molecule has 1 aliphatic carbocycles. The van der Waals surface area contributed by atoms with E-state index >= 15 is 0 Å². The van der Waals surface area contributed by atoms with Gasteiger partial charge in [-0.3, -0.25) is 0 Å². The fraction of sp³-hybridized carbons (Fsp3) is 0.800. The van der Waals surface area contributed by atoms with Crippen molar-refractivity contribution in [2.45, 2.75) is 50.9 Å². The van der Waals surface area contributed by atoms with Crippen molar-refractivity contribution in [3.05, 3.63) is 12.2 Å². The van der Waals surface area contributed by atoms with Gasteiger partial charge in [0.25, 0.3) is 0 Å². The van der Waals surface area contributed by atoms with Crippen molar-refractivity contribution in [1.82, 2.24) is 5.32 Å². The largest absolute Gasteiger partial charge is 0.390 e. The number of allylic oxidation sites excluding steroid dienone is 1. The molecular formula is C10H16F3N. The summed E-state index contributed by atoms with van der Waals surface area (Å²) in [6, 6.07) is -0.260. The highest BCUT2D eigenvalue weighted by molar-refractivity contribution is 4.93. The van der Waals surface area contributed by atoms with Crippen molar-refractivity contribution in [3.8, 4) is 0 Å². The van der Waals surface area contributed by atoms with Crippen LogP contribution in [0.25, 0.3) is 0 Å². The molecule has 0 saturated heterocycles. The van der Waals surface area contributed by atoms with Gasteiger partial charge in [0.15, 0.2) is 0 Å². The van der Waals surface area contributed by atoms with Crippen LogP contribution < -0.4 is 5.32 Å². The quantitative estimate of drug-likeness (QED) is 0.701. The van der Waals surface area contributed by atoms with Gasteiger partial charge in [0, 0.05) is 12.1 Å². The van der Waals surface area contributed by atoms with Crippen LogP contribution >= 0.6 is 0 Å². The van der Waals surface area contributed by atoms with E-state index in [1.54, 1.807) is 6.92 Å². The van der Waals surface area contributed by atoms with Crippen molar-refractivity contribution >= 4 is 0 Å². The minimum absolute atomic E-state index is 0.220. The number of rotatable bonds is 3. The Morgan fingerprint density at radius 3 is 2.64 bits per heavy atom. The molecule has 0 amide bonds. The Hall–Kier alpha value is -0.510. The van der Waals surface area contributed by atoms with Gasteiger partial charge in [-0.25, -0.2) is 0 Å². The maximum Gasteiger partial charge on any atom is 0.390 e. The molecule has 0 bridgehead atoms. The molecular weight excluding hydrogens is 191 g/mol. The Labute approximate surface area is 82.4 Å². The smallest absolute Gasteiger partial charge is 0.311 e. The van der Waals surface area contributed by atoms with Gasteiger partial charge in [-0.2, -0.15) is 13.2 Å². The topological polar surface area (TPSA) is 12.0 Å². The molecule has 82 valence electrons. The van der Waals surface area contributed by atoms with Gasteiger partial charge in [-0.05, 0) is 26.2 Å². The van der Waals surface area contributed by atoms with Gasteiger partial charge in [-0.1, -0.05) is 12.2 Å². The lowest BCUT2D eigenvalue weighted by molar-refractivity contribution is -0.139. The molecule has 1 rings (SSSR count). The maximum atomic E-state index is 12.0. The molecule has 0 aromatic heterocycles. The van der Waals surface area contributed by atoms with Gasteiger partial charge in [0.05, 0.1) is 6.42 Å². The highest BCUT2D eigenvalue weighted by Crippen LogP contribution is 2.22. The Kier molecular flexibility index (Phi) is 3.98. The molecule has 0 heterocycles. The van der Waals surface area contributed by atoms with E-state index in [9.17, 15) is 13.2 Å². The molecule has 0 radical (unpaired) electrons. The lowest BCUT2D eigenvalue weighted by Crippen LogP contribution is -2.39. The van der Waals surface area contributed by atoms with Crippen molar-refractivity contribution < 1.29 is 13.2 Å². The summed E-state index contributed by atoms with van der Waals surface area (Å²) >= 11 is 0. The molecule has 1 N–H and O–H groups in total. The van der Waals surface area contributed by atoms with Crippen molar-refractivity contribution in [2.75, 3.05) is 0 Å². The molecule has 0 spiro atoms. The molecule has 1 aliphatic rings. The third-order valence-corrected chi connectivity index (χ3v) is 2.33. The van der Waals surface area contributed by atoms with Crippen LogP contribution in [0.5, 0.6) is 0 Å². The fourth-order valence-electron chi connectivity index (χ4n) is 1.75. The number of hydrogen-bond donors (Lipinski definition) is 1. The lowest BCUT2D eigenvalue weighted by Gasteiger charge is -2.24. The standard InChI is InChI=1S/C10H16F3N/c1-8(7-10(11,12)13)14-9-5-3-2-4-6-9/h2-3,8-9,14H,4-7H2,1H3. The van der Waals surface area contributed by atoms with Crippen molar-refractivity contribution in [3.63, 3.8) is 0 Å². The first-order valence-electron chi connectivity index (χ1n) is 4.95. The first-order valence-corrected chi connectivity index (χ1v) is 4.95. The first-order chi connectivity index (χ1) is 6.47. The average Bonchev–Trinajstić information content (AvgIpc) is 2.02. The molecule has 0 aliphatic heterocycles. The van der Waals surface area contributed by atoms with Crippen LogP contribution in [0.15, 0.2) is 12.2 Å². The maximum absolute atomic E-state index is 12.0. The van der Waals surface area contributed by atoms with E-state index in [1.807, 2.05) is 6.08 Å². The van der Waals surface area contributed by atoms with Crippen LogP contribution in [-0.4, -0.2) is 18.3 Å². The van der Waals surface area contributed by atoms with Crippen LogP contribution in [-0.2, 0) is 0 Å². The van der Waals surface area contributed by atoms with Gasteiger partial charge in [0.1, 0.15) is 0 Å². The number of halogens is 3. The molecule has 0 saturated carbocycles. The van der Waals surface area contributed by atoms with Crippen LogP contribution in [0, 0.1) is 0 Å². The molecule has 2 unspecified atom stereocenters. The summed E-state index contributed by atoms with van der Waals surface area (Å²) < 4.78 is 36.0. The molecule has 0 fully saturated rings. The molecule has 4 heteroatoms. The predicted molar refractivity (Wildman–Crippen MR) is 50.0 cm³/mol. The van der Waals surface area contributed by atoms with Crippen LogP contribution in [0.3, 0.4) is 0 Å². The second-order valence-corrected chi connectivity index (χ2v) is 3.87. The normalized spacial score (nSPS) is 25.0. The van der Waals surface area contributed by atoms with Gasteiger partial charge in [-0.15, -0.1) is 0 Å². The highest BCUT2D eigenvalue weighted by Gasteiger charge is 2.30. The van der Waals surface area contributed by atoms with E-state index in [0.29, 0.717) is 0 Å². The van der Waals surface area contributed by atoms with Crippen molar-refractivity contribution in [1.29, 1.82) is 0 Å². The van der Waals surface area contributed by atoms with Crippen LogP contribution in [0.2, 0.25) is 0 Å². The zero-order valence-corrected chi connectivity index (χ0v) is 8.27. The van der Waals surface area contributed by atoms with Gasteiger partial charge in [0.2, 0.25) is 0 Å². The zero-order valence-electron chi connectivity index (χ0n) is 8.27. The summed E-state index contributed by atoms with van der Waals surface area (Å²) in [5.74, 6) is 0. The van der Waals surface area contributed by atoms with E-state index in [4.69, 9.17) is 0 Å². The minimum atomic E-state index is -4.06. The molecule has 0 aromatic rings. The van der Waals surface area contributed by atoms with E-state index in [0.717, 1.165) is 19.3 Å². The third-order valence-electron chi connectivity index (χ3n) is 2.33. The van der Waals surface area contributed by atoms with Crippen LogP contribution in [0.1, 0.15) is 32.6 Å². The second-order valence-electron chi connectivity index (χ2n) is 3.87. The van der Waals surface area contributed by atoms with E-state index < -0.39 is 18.6 Å². The summed E-state index contributed by atoms with van der Waals surface area (Å²) in [4.78, 5) is 0. The number of nitrogens with one attached hydrogen (secondary N) is 1. The predicted octanol–water partition coefficient (Wildman–Crippen LogP) is 3.03. The average molecular weight is 207 g/mol. The summed E-state index contributed by atoms with van der Waals surface area (Å²) in [5.41, 5.74) is 0. The van der Waals surface area contributed by atoms with E-state index in [2.05, 4.69) is 11.4 Å². The summed E-state index contributed by atoms with van der Waals surface area (Å²) in [6.07, 6.45) is 2.06. The van der Waals surface area contributed by atoms with Crippen molar-refractivity contribution in [2.24, 2.45) is 0 Å². The SMILES string of the molecule is CC(CC(F)(F)F)NC1CC=CCC1. The van der Waals surface area contributed by atoms with Gasteiger partial charge < -0.3 is 5.32 Å². The summed E-state index contributed by atoms with van der Waals surface area (Å²) in [5, 5.41) is 3.00. The first kappa shape index (κ1) is 11.6. The Morgan fingerprint density at radius 2 is 2.14 bits per heavy atom. The fourth-order valence-corrected chi connectivity index (χ4v) is 1.75.